The van der Waals surface area contributed by atoms with Crippen LogP contribution >= 0.6 is 11.3 Å². The molecule has 2 aromatic heterocycles. The number of anilines is 1. The van der Waals surface area contributed by atoms with Crippen molar-refractivity contribution in [3.05, 3.63) is 17.8 Å². The maximum atomic E-state index is 11.4. The summed E-state index contributed by atoms with van der Waals surface area (Å²) in [6, 6.07) is 1.99. The van der Waals surface area contributed by atoms with E-state index < -0.39 is 0 Å². The fourth-order valence-electron chi connectivity index (χ4n) is 1.58. The lowest BCUT2D eigenvalue weighted by atomic mass is 10.3. The molecule has 0 aliphatic heterocycles. The first-order chi connectivity index (χ1) is 8.81. The van der Waals surface area contributed by atoms with Gasteiger partial charge in [0.1, 0.15) is 17.0 Å². The Morgan fingerprint density at radius 2 is 2.28 bits per heavy atom. The van der Waals surface area contributed by atoms with Crippen molar-refractivity contribution >= 4 is 33.3 Å². The molecule has 0 unspecified atom stereocenters. The van der Waals surface area contributed by atoms with Crippen molar-refractivity contribution < 1.29 is 4.79 Å². The molecule has 2 N–H and O–H groups in total. The van der Waals surface area contributed by atoms with Crippen molar-refractivity contribution in [2.75, 3.05) is 18.4 Å². The Hall–Kier alpha value is -1.69. The zero-order chi connectivity index (χ0) is 12.8. The highest BCUT2D eigenvalue weighted by atomic mass is 32.1. The van der Waals surface area contributed by atoms with Gasteiger partial charge in [0.25, 0.3) is 0 Å². The number of hydrogen-bond donors (Lipinski definition) is 2. The molecule has 0 saturated heterocycles. The highest BCUT2D eigenvalue weighted by molar-refractivity contribution is 7.16. The van der Waals surface area contributed by atoms with E-state index in [-0.39, 0.29) is 5.91 Å². The van der Waals surface area contributed by atoms with Crippen LogP contribution in [0.15, 0.2) is 17.8 Å². The number of nitrogens with one attached hydrogen (secondary N) is 2. The van der Waals surface area contributed by atoms with Crippen LogP contribution in [-0.2, 0) is 4.79 Å². The molecule has 0 atom stereocenters. The van der Waals surface area contributed by atoms with Gasteiger partial charge in [0.2, 0.25) is 5.91 Å². The Bertz CT molecular complexity index is 526. The molecule has 96 valence electrons. The first-order valence-corrected chi connectivity index (χ1v) is 6.88. The standard InChI is InChI=1S/C12H16N4OS/c1-2-5-13-10(17)3-6-14-11-9-4-7-18-12(9)16-8-15-11/h4,7-8H,2-3,5-6H2,1H3,(H,13,17)(H,14,15,16). The highest BCUT2D eigenvalue weighted by Gasteiger charge is 2.05. The molecule has 0 saturated carbocycles. The number of fused-ring (bicyclic) bond motifs is 1. The van der Waals surface area contributed by atoms with E-state index in [4.69, 9.17) is 0 Å². The minimum Gasteiger partial charge on any atom is -0.369 e. The molecular formula is C12H16N4OS. The largest absolute Gasteiger partial charge is 0.369 e. The number of aromatic nitrogens is 2. The van der Waals surface area contributed by atoms with E-state index in [1.165, 1.54) is 0 Å². The lowest BCUT2D eigenvalue weighted by molar-refractivity contribution is -0.120. The number of thiophene rings is 1. The van der Waals surface area contributed by atoms with Crippen molar-refractivity contribution in [2.24, 2.45) is 0 Å². The number of hydrogen-bond acceptors (Lipinski definition) is 5. The molecule has 5 nitrogen and oxygen atoms in total. The zero-order valence-corrected chi connectivity index (χ0v) is 11.1. The van der Waals surface area contributed by atoms with Gasteiger partial charge in [-0.1, -0.05) is 6.92 Å². The van der Waals surface area contributed by atoms with Gasteiger partial charge in [-0.2, -0.15) is 0 Å². The van der Waals surface area contributed by atoms with E-state index in [9.17, 15) is 4.79 Å². The smallest absolute Gasteiger partial charge is 0.221 e. The van der Waals surface area contributed by atoms with E-state index in [0.717, 1.165) is 29.0 Å². The van der Waals surface area contributed by atoms with E-state index in [1.54, 1.807) is 17.7 Å². The molecule has 0 aliphatic rings. The summed E-state index contributed by atoms with van der Waals surface area (Å²) in [5.74, 6) is 0.865. The van der Waals surface area contributed by atoms with Crippen molar-refractivity contribution in [1.29, 1.82) is 0 Å². The summed E-state index contributed by atoms with van der Waals surface area (Å²) >= 11 is 1.58. The summed E-state index contributed by atoms with van der Waals surface area (Å²) in [6.07, 6.45) is 2.95. The van der Waals surface area contributed by atoms with Crippen LogP contribution in [0.3, 0.4) is 0 Å². The van der Waals surface area contributed by atoms with E-state index >= 15 is 0 Å². The van der Waals surface area contributed by atoms with Crippen molar-refractivity contribution in [3.8, 4) is 0 Å². The van der Waals surface area contributed by atoms with Gasteiger partial charge in [0, 0.05) is 19.5 Å². The summed E-state index contributed by atoms with van der Waals surface area (Å²) in [7, 11) is 0. The Kier molecular flexibility index (Phi) is 4.46. The van der Waals surface area contributed by atoms with Gasteiger partial charge in [0.05, 0.1) is 5.39 Å². The molecule has 1 amide bonds. The van der Waals surface area contributed by atoms with Gasteiger partial charge in [-0.15, -0.1) is 11.3 Å². The van der Waals surface area contributed by atoms with Gasteiger partial charge >= 0.3 is 0 Å². The average Bonchev–Trinajstić information content (AvgIpc) is 2.85. The van der Waals surface area contributed by atoms with Gasteiger partial charge < -0.3 is 10.6 Å². The van der Waals surface area contributed by atoms with Crippen LogP contribution in [-0.4, -0.2) is 29.0 Å². The lowest BCUT2D eigenvalue weighted by Crippen LogP contribution is -2.26. The highest BCUT2D eigenvalue weighted by Crippen LogP contribution is 2.23. The average molecular weight is 264 g/mol. The number of amides is 1. The Labute approximate surface area is 110 Å². The first kappa shape index (κ1) is 12.8. The third-order valence-electron chi connectivity index (χ3n) is 2.48. The summed E-state index contributed by atoms with van der Waals surface area (Å²) in [6.45, 7) is 3.35. The normalized spacial score (nSPS) is 10.5. The third-order valence-corrected chi connectivity index (χ3v) is 3.30. The van der Waals surface area contributed by atoms with Gasteiger partial charge in [-0.25, -0.2) is 9.97 Å². The molecule has 0 aromatic carbocycles. The summed E-state index contributed by atoms with van der Waals surface area (Å²) < 4.78 is 0. The van der Waals surface area contributed by atoms with Crippen molar-refractivity contribution in [1.82, 2.24) is 15.3 Å². The first-order valence-electron chi connectivity index (χ1n) is 6.00. The molecule has 2 aromatic rings. The molecule has 0 aliphatic carbocycles. The van der Waals surface area contributed by atoms with Crippen LogP contribution in [0.25, 0.3) is 10.2 Å². The minimum atomic E-state index is 0.0694. The maximum absolute atomic E-state index is 11.4. The van der Waals surface area contributed by atoms with E-state index in [2.05, 4.69) is 20.6 Å². The molecule has 0 spiro atoms. The number of carbonyl (C=O) groups is 1. The topological polar surface area (TPSA) is 66.9 Å². The van der Waals surface area contributed by atoms with Crippen LogP contribution in [0.5, 0.6) is 0 Å². The summed E-state index contributed by atoms with van der Waals surface area (Å²) in [4.78, 5) is 20.7. The monoisotopic (exact) mass is 264 g/mol. The minimum absolute atomic E-state index is 0.0694. The number of carbonyl (C=O) groups excluding carboxylic acids is 1. The SMILES string of the molecule is CCCNC(=O)CCNc1ncnc2sccc12. The lowest BCUT2D eigenvalue weighted by Gasteiger charge is -2.06. The Morgan fingerprint density at radius 3 is 3.11 bits per heavy atom. The van der Waals surface area contributed by atoms with Gasteiger partial charge in [0.15, 0.2) is 0 Å². The van der Waals surface area contributed by atoms with Crippen molar-refractivity contribution in [2.45, 2.75) is 19.8 Å². The molecule has 0 bridgehead atoms. The second-order valence-electron chi connectivity index (χ2n) is 3.89. The molecule has 2 rings (SSSR count). The van der Waals surface area contributed by atoms with Gasteiger partial charge in [-0.3, -0.25) is 4.79 Å². The quantitative estimate of drug-likeness (QED) is 0.837. The Balaban J connectivity index is 1.87. The van der Waals surface area contributed by atoms with E-state index in [1.807, 2.05) is 18.4 Å². The Morgan fingerprint density at radius 1 is 1.39 bits per heavy atom. The number of rotatable bonds is 6. The fourth-order valence-corrected chi connectivity index (χ4v) is 2.31. The maximum Gasteiger partial charge on any atom is 0.221 e. The van der Waals surface area contributed by atoms with E-state index in [0.29, 0.717) is 13.0 Å². The summed E-state index contributed by atoms with van der Waals surface area (Å²) in [5, 5.41) is 9.01. The molecule has 2 heterocycles. The molecule has 0 fully saturated rings. The van der Waals surface area contributed by atoms with Crippen molar-refractivity contribution in [3.63, 3.8) is 0 Å². The second-order valence-corrected chi connectivity index (χ2v) is 4.78. The molecular weight excluding hydrogens is 248 g/mol. The zero-order valence-electron chi connectivity index (χ0n) is 10.3. The predicted octanol–water partition coefficient (Wildman–Crippen LogP) is 2.02. The third kappa shape index (κ3) is 3.16. The van der Waals surface area contributed by atoms with Crippen LogP contribution in [0.1, 0.15) is 19.8 Å². The fraction of sp³-hybridized carbons (Fsp3) is 0.417. The molecule has 6 heteroatoms. The second kappa shape index (κ2) is 6.30. The molecule has 0 radical (unpaired) electrons. The number of nitrogens with zero attached hydrogens (tertiary/aromatic N) is 2. The predicted molar refractivity (Wildman–Crippen MR) is 73.8 cm³/mol. The molecule has 18 heavy (non-hydrogen) atoms. The van der Waals surface area contributed by atoms with Crippen LogP contribution in [0, 0.1) is 0 Å². The van der Waals surface area contributed by atoms with Crippen LogP contribution in [0.4, 0.5) is 5.82 Å². The summed E-state index contributed by atoms with van der Waals surface area (Å²) in [5.41, 5.74) is 0. The van der Waals surface area contributed by atoms with Gasteiger partial charge in [-0.05, 0) is 17.9 Å². The van der Waals surface area contributed by atoms with Crippen LogP contribution < -0.4 is 10.6 Å². The van der Waals surface area contributed by atoms with Crippen LogP contribution in [0.2, 0.25) is 0 Å².